The molecule has 0 aliphatic rings. The molecule has 0 aliphatic heterocycles. The van der Waals surface area contributed by atoms with Gasteiger partial charge >= 0.3 is 0 Å². The van der Waals surface area contributed by atoms with Gasteiger partial charge in [0.25, 0.3) is 0 Å². The van der Waals surface area contributed by atoms with Crippen molar-refractivity contribution in [3.05, 3.63) is 23.4 Å². The van der Waals surface area contributed by atoms with Gasteiger partial charge in [-0.05, 0) is 26.6 Å². The van der Waals surface area contributed by atoms with Crippen LogP contribution in [0.1, 0.15) is 13.8 Å². The zero-order valence-corrected chi connectivity index (χ0v) is 7.83. The molecule has 3 heteroatoms. The number of nitrogens with two attached hydrogens (primary N) is 1. The van der Waals surface area contributed by atoms with Crippen LogP contribution in [0.3, 0.4) is 0 Å². The van der Waals surface area contributed by atoms with Gasteiger partial charge in [-0.15, -0.1) is 0 Å². The first kappa shape index (κ1) is 10.6. The summed E-state index contributed by atoms with van der Waals surface area (Å²) in [5.41, 5.74) is 7.23. The van der Waals surface area contributed by atoms with Crippen molar-refractivity contribution in [3.8, 4) is 0 Å². The maximum absolute atomic E-state index is 5.70. The Bertz CT molecular complexity index is 246. The van der Waals surface area contributed by atoms with Gasteiger partial charge in [-0.3, -0.25) is 4.99 Å². The number of hydrogen-bond donors (Lipinski definition) is 1. The predicted octanol–water partition coefficient (Wildman–Crippen LogP) is 1.52. The SMILES string of the molecule is C=NC(=NC)C(C)=C(N)/C=C\C. The van der Waals surface area contributed by atoms with Gasteiger partial charge in [0.15, 0.2) is 5.84 Å². The molecule has 0 spiro atoms. The zero-order valence-electron chi connectivity index (χ0n) is 7.83. The lowest BCUT2D eigenvalue weighted by Crippen LogP contribution is -2.05. The summed E-state index contributed by atoms with van der Waals surface area (Å²) in [5, 5.41) is 0. The molecule has 0 rings (SSSR count). The minimum Gasteiger partial charge on any atom is -0.398 e. The van der Waals surface area contributed by atoms with E-state index in [2.05, 4.69) is 16.7 Å². The lowest BCUT2D eigenvalue weighted by molar-refractivity contribution is 1.29. The maximum Gasteiger partial charge on any atom is 0.151 e. The molecule has 0 fully saturated rings. The maximum atomic E-state index is 5.70. The highest BCUT2D eigenvalue weighted by atomic mass is 14.9. The van der Waals surface area contributed by atoms with Crippen LogP contribution >= 0.6 is 0 Å². The van der Waals surface area contributed by atoms with Crippen LogP contribution in [0.15, 0.2) is 33.4 Å². The van der Waals surface area contributed by atoms with E-state index in [1.54, 1.807) is 7.05 Å². The highest BCUT2D eigenvalue weighted by Gasteiger charge is 1.99. The molecule has 12 heavy (non-hydrogen) atoms. The molecule has 0 saturated heterocycles. The fourth-order valence-corrected chi connectivity index (χ4v) is 0.791. The van der Waals surface area contributed by atoms with E-state index in [0.29, 0.717) is 11.5 Å². The second kappa shape index (κ2) is 5.29. The van der Waals surface area contributed by atoms with Crippen LogP contribution in [0.5, 0.6) is 0 Å². The van der Waals surface area contributed by atoms with Gasteiger partial charge in [0.1, 0.15) is 0 Å². The van der Waals surface area contributed by atoms with Crippen LogP contribution in [-0.4, -0.2) is 19.6 Å². The minimum atomic E-state index is 0.589. The van der Waals surface area contributed by atoms with Crippen molar-refractivity contribution < 1.29 is 0 Å². The number of nitrogens with zero attached hydrogens (tertiary/aromatic N) is 2. The molecule has 0 atom stereocenters. The van der Waals surface area contributed by atoms with E-state index >= 15 is 0 Å². The van der Waals surface area contributed by atoms with Crippen molar-refractivity contribution in [1.82, 2.24) is 0 Å². The molecular weight excluding hydrogens is 150 g/mol. The van der Waals surface area contributed by atoms with Crippen LogP contribution in [0.4, 0.5) is 0 Å². The topological polar surface area (TPSA) is 50.7 Å². The van der Waals surface area contributed by atoms with Crippen molar-refractivity contribution in [1.29, 1.82) is 0 Å². The summed E-state index contributed by atoms with van der Waals surface area (Å²) in [6, 6.07) is 0. The Morgan fingerprint density at radius 1 is 1.50 bits per heavy atom. The number of allylic oxidation sites excluding steroid dienone is 2. The van der Waals surface area contributed by atoms with Crippen molar-refractivity contribution in [2.45, 2.75) is 13.8 Å². The molecule has 3 nitrogen and oxygen atoms in total. The Balaban J connectivity index is 4.87. The van der Waals surface area contributed by atoms with Gasteiger partial charge in [-0.25, -0.2) is 4.99 Å². The monoisotopic (exact) mass is 165 g/mol. The summed E-state index contributed by atoms with van der Waals surface area (Å²) in [6.45, 7) is 7.18. The number of rotatable bonds is 2. The van der Waals surface area contributed by atoms with Crippen LogP contribution in [-0.2, 0) is 0 Å². The van der Waals surface area contributed by atoms with Crippen LogP contribution in [0.25, 0.3) is 0 Å². The summed E-state index contributed by atoms with van der Waals surface area (Å²) in [5.74, 6) is 0.589. The summed E-state index contributed by atoms with van der Waals surface area (Å²) in [7, 11) is 1.66. The molecule has 0 saturated carbocycles. The first-order chi connectivity index (χ1) is 5.67. The fraction of sp³-hybridized carbons (Fsp3) is 0.333. The highest BCUT2D eigenvalue weighted by Crippen LogP contribution is 2.03. The summed E-state index contributed by atoms with van der Waals surface area (Å²) < 4.78 is 0. The van der Waals surface area contributed by atoms with Crippen LogP contribution < -0.4 is 5.73 Å². The predicted molar refractivity (Wildman–Crippen MR) is 54.6 cm³/mol. The third kappa shape index (κ3) is 2.70. The Morgan fingerprint density at radius 2 is 2.08 bits per heavy atom. The standard InChI is InChI=1S/C9H15N3/c1-5-6-8(10)7(2)9(11-3)12-4/h5-6H,3,10H2,1-2,4H3/b6-5-,8-7?,12-9?. The highest BCUT2D eigenvalue weighted by molar-refractivity contribution is 6.01. The Kier molecular flexibility index (Phi) is 4.69. The van der Waals surface area contributed by atoms with E-state index in [4.69, 9.17) is 5.73 Å². The molecule has 0 unspecified atom stereocenters. The molecule has 0 heterocycles. The van der Waals surface area contributed by atoms with E-state index in [1.807, 2.05) is 26.0 Å². The molecule has 0 aromatic heterocycles. The molecule has 0 aromatic rings. The molecular formula is C9H15N3. The van der Waals surface area contributed by atoms with Gasteiger partial charge in [0.2, 0.25) is 0 Å². The van der Waals surface area contributed by atoms with Gasteiger partial charge in [0.05, 0.1) is 0 Å². The summed E-state index contributed by atoms with van der Waals surface area (Å²) in [4.78, 5) is 7.66. The van der Waals surface area contributed by atoms with Gasteiger partial charge in [-0.2, -0.15) is 0 Å². The quantitative estimate of drug-likeness (QED) is 0.376. The van der Waals surface area contributed by atoms with Crippen LogP contribution in [0, 0.1) is 0 Å². The van der Waals surface area contributed by atoms with E-state index in [0.717, 1.165) is 5.57 Å². The van der Waals surface area contributed by atoms with Crippen molar-refractivity contribution in [2.24, 2.45) is 15.7 Å². The molecule has 2 N–H and O–H groups in total. The molecule has 0 aromatic carbocycles. The lowest BCUT2D eigenvalue weighted by atomic mass is 10.2. The fourth-order valence-electron chi connectivity index (χ4n) is 0.791. The average Bonchev–Trinajstić information content (AvgIpc) is 2.07. The summed E-state index contributed by atoms with van der Waals surface area (Å²) in [6.07, 6.45) is 3.68. The van der Waals surface area contributed by atoms with Crippen molar-refractivity contribution >= 4 is 12.6 Å². The zero-order chi connectivity index (χ0) is 9.56. The van der Waals surface area contributed by atoms with Gasteiger partial charge < -0.3 is 5.73 Å². The number of amidine groups is 1. The number of aliphatic imine (C=N–C) groups is 2. The normalized spacial score (nSPS) is 14.8. The molecule has 0 radical (unpaired) electrons. The van der Waals surface area contributed by atoms with E-state index in [1.165, 1.54) is 0 Å². The third-order valence-corrected chi connectivity index (χ3v) is 1.48. The first-order valence-electron chi connectivity index (χ1n) is 3.70. The van der Waals surface area contributed by atoms with Gasteiger partial charge in [-0.1, -0.05) is 6.08 Å². The second-order valence-corrected chi connectivity index (χ2v) is 2.29. The van der Waals surface area contributed by atoms with E-state index in [-0.39, 0.29) is 0 Å². The van der Waals surface area contributed by atoms with Crippen LogP contribution in [0.2, 0.25) is 0 Å². The largest absolute Gasteiger partial charge is 0.398 e. The molecule has 0 amide bonds. The van der Waals surface area contributed by atoms with E-state index < -0.39 is 0 Å². The minimum absolute atomic E-state index is 0.589. The second-order valence-electron chi connectivity index (χ2n) is 2.29. The average molecular weight is 165 g/mol. The molecule has 0 bridgehead atoms. The Hall–Kier alpha value is -1.38. The van der Waals surface area contributed by atoms with Gasteiger partial charge in [0, 0.05) is 18.3 Å². The Morgan fingerprint density at radius 3 is 2.42 bits per heavy atom. The third-order valence-electron chi connectivity index (χ3n) is 1.48. The first-order valence-corrected chi connectivity index (χ1v) is 3.70. The Labute approximate surface area is 73.4 Å². The van der Waals surface area contributed by atoms with E-state index in [9.17, 15) is 0 Å². The molecule has 66 valence electrons. The summed E-state index contributed by atoms with van der Waals surface area (Å²) >= 11 is 0. The number of hydrogen-bond acceptors (Lipinski definition) is 2. The van der Waals surface area contributed by atoms with Crippen molar-refractivity contribution in [3.63, 3.8) is 0 Å². The molecule has 0 aliphatic carbocycles. The van der Waals surface area contributed by atoms with Crippen molar-refractivity contribution in [2.75, 3.05) is 7.05 Å². The lowest BCUT2D eigenvalue weighted by Gasteiger charge is -2.01. The smallest absolute Gasteiger partial charge is 0.151 e.